The molecule has 0 aliphatic rings. The third-order valence-electron chi connectivity index (χ3n) is 4.22. The molecule has 1 N–H and O–H groups in total. The standard InChI is InChI=1S/C21H26N2O3/c1-16-8-10-18(11-9-16)14-22-21(25)12-13-23(17(2)24)15-19-6-4-5-7-20(19)26-3/h4-11H,12-15H2,1-3H3,(H,22,25). The highest BCUT2D eigenvalue weighted by Crippen LogP contribution is 2.19. The smallest absolute Gasteiger partial charge is 0.222 e. The fourth-order valence-corrected chi connectivity index (χ4v) is 2.62. The normalized spacial score (nSPS) is 10.3. The molecule has 2 aromatic carbocycles. The van der Waals surface area contributed by atoms with Gasteiger partial charge in [0.1, 0.15) is 5.75 Å². The van der Waals surface area contributed by atoms with Crippen molar-refractivity contribution in [2.24, 2.45) is 0 Å². The predicted molar refractivity (Wildman–Crippen MR) is 102 cm³/mol. The number of nitrogens with zero attached hydrogens (tertiary/aromatic N) is 1. The average Bonchev–Trinajstić information content (AvgIpc) is 2.64. The van der Waals surface area contributed by atoms with Crippen molar-refractivity contribution in [2.45, 2.75) is 33.4 Å². The lowest BCUT2D eigenvalue weighted by atomic mass is 10.1. The molecular weight excluding hydrogens is 328 g/mol. The second-order valence-electron chi connectivity index (χ2n) is 6.26. The summed E-state index contributed by atoms with van der Waals surface area (Å²) in [7, 11) is 1.61. The number of hydrogen-bond donors (Lipinski definition) is 1. The van der Waals surface area contributed by atoms with Gasteiger partial charge in [-0.25, -0.2) is 0 Å². The molecule has 0 spiro atoms. The highest BCUT2D eigenvalue weighted by molar-refractivity contribution is 5.78. The van der Waals surface area contributed by atoms with E-state index in [-0.39, 0.29) is 18.2 Å². The Bertz CT molecular complexity index is 741. The third-order valence-corrected chi connectivity index (χ3v) is 4.22. The van der Waals surface area contributed by atoms with Gasteiger partial charge in [-0.05, 0) is 18.6 Å². The van der Waals surface area contributed by atoms with Crippen molar-refractivity contribution >= 4 is 11.8 Å². The molecule has 138 valence electrons. The molecule has 0 aliphatic carbocycles. The third kappa shape index (κ3) is 5.92. The van der Waals surface area contributed by atoms with Crippen LogP contribution >= 0.6 is 0 Å². The molecule has 0 saturated heterocycles. The number of amides is 2. The molecule has 0 atom stereocenters. The summed E-state index contributed by atoms with van der Waals surface area (Å²) < 4.78 is 5.33. The van der Waals surface area contributed by atoms with Crippen LogP contribution in [0.3, 0.4) is 0 Å². The van der Waals surface area contributed by atoms with Gasteiger partial charge in [0.2, 0.25) is 11.8 Å². The summed E-state index contributed by atoms with van der Waals surface area (Å²) in [5.74, 6) is 0.599. The van der Waals surface area contributed by atoms with Gasteiger partial charge in [0.15, 0.2) is 0 Å². The van der Waals surface area contributed by atoms with Gasteiger partial charge in [0.25, 0.3) is 0 Å². The van der Waals surface area contributed by atoms with Crippen LogP contribution < -0.4 is 10.1 Å². The van der Waals surface area contributed by atoms with E-state index in [1.54, 1.807) is 12.0 Å². The van der Waals surface area contributed by atoms with Crippen LogP contribution in [-0.2, 0) is 22.7 Å². The SMILES string of the molecule is COc1ccccc1CN(CCC(=O)NCc1ccc(C)cc1)C(C)=O. The number of benzene rings is 2. The van der Waals surface area contributed by atoms with Gasteiger partial charge in [0.05, 0.1) is 7.11 Å². The van der Waals surface area contributed by atoms with Crippen molar-refractivity contribution in [1.82, 2.24) is 10.2 Å². The van der Waals surface area contributed by atoms with Crippen molar-refractivity contribution in [2.75, 3.05) is 13.7 Å². The van der Waals surface area contributed by atoms with E-state index in [0.717, 1.165) is 16.9 Å². The quantitative estimate of drug-likeness (QED) is 0.793. The Kier molecular flexibility index (Phi) is 7.21. The number of carbonyl (C=O) groups excluding carboxylic acids is 2. The number of nitrogens with one attached hydrogen (secondary N) is 1. The minimum atomic E-state index is -0.0724. The zero-order valence-corrected chi connectivity index (χ0v) is 15.6. The van der Waals surface area contributed by atoms with E-state index in [9.17, 15) is 9.59 Å². The van der Waals surface area contributed by atoms with E-state index >= 15 is 0 Å². The van der Waals surface area contributed by atoms with Gasteiger partial charge in [-0.15, -0.1) is 0 Å². The Morgan fingerprint density at radius 3 is 2.42 bits per heavy atom. The van der Waals surface area contributed by atoms with Crippen molar-refractivity contribution in [1.29, 1.82) is 0 Å². The number of rotatable bonds is 8. The Labute approximate surface area is 155 Å². The predicted octanol–water partition coefficient (Wildman–Crippen LogP) is 3.06. The molecule has 5 nitrogen and oxygen atoms in total. The second-order valence-corrected chi connectivity index (χ2v) is 6.26. The van der Waals surface area contributed by atoms with Gasteiger partial charge in [0, 0.05) is 38.5 Å². The lowest BCUT2D eigenvalue weighted by Crippen LogP contribution is -2.33. The summed E-state index contributed by atoms with van der Waals surface area (Å²) in [4.78, 5) is 25.7. The minimum absolute atomic E-state index is 0.0674. The monoisotopic (exact) mass is 354 g/mol. The van der Waals surface area contributed by atoms with E-state index in [4.69, 9.17) is 4.74 Å². The van der Waals surface area contributed by atoms with Gasteiger partial charge in [-0.2, -0.15) is 0 Å². The average molecular weight is 354 g/mol. The molecule has 0 aromatic heterocycles. The largest absolute Gasteiger partial charge is 0.496 e. The number of methoxy groups -OCH3 is 1. The molecule has 0 bridgehead atoms. The van der Waals surface area contributed by atoms with Crippen LogP contribution in [0.25, 0.3) is 0 Å². The van der Waals surface area contributed by atoms with Crippen LogP contribution in [0.2, 0.25) is 0 Å². The summed E-state index contributed by atoms with van der Waals surface area (Å²) in [6, 6.07) is 15.6. The van der Waals surface area contributed by atoms with E-state index in [1.807, 2.05) is 55.5 Å². The second kappa shape index (κ2) is 9.61. The molecular formula is C21H26N2O3. The maximum absolute atomic E-state index is 12.1. The maximum Gasteiger partial charge on any atom is 0.222 e. The highest BCUT2D eigenvalue weighted by Gasteiger charge is 2.14. The molecule has 2 amide bonds. The molecule has 0 saturated carbocycles. The Hall–Kier alpha value is -2.82. The lowest BCUT2D eigenvalue weighted by Gasteiger charge is -2.22. The van der Waals surface area contributed by atoms with Crippen LogP contribution in [0, 0.1) is 6.92 Å². The van der Waals surface area contributed by atoms with Crippen LogP contribution in [0.15, 0.2) is 48.5 Å². The zero-order valence-electron chi connectivity index (χ0n) is 15.6. The van der Waals surface area contributed by atoms with E-state index in [2.05, 4.69) is 5.32 Å². The number of hydrogen-bond acceptors (Lipinski definition) is 3. The van der Waals surface area contributed by atoms with Crippen LogP contribution in [0.4, 0.5) is 0 Å². The minimum Gasteiger partial charge on any atom is -0.496 e. The first-order valence-corrected chi connectivity index (χ1v) is 8.69. The van der Waals surface area contributed by atoms with Crippen molar-refractivity contribution < 1.29 is 14.3 Å². The first kappa shape index (κ1) is 19.5. The van der Waals surface area contributed by atoms with Crippen molar-refractivity contribution in [3.8, 4) is 5.75 Å². The Morgan fingerprint density at radius 2 is 1.77 bits per heavy atom. The first-order chi connectivity index (χ1) is 12.5. The zero-order chi connectivity index (χ0) is 18.9. The van der Waals surface area contributed by atoms with Gasteiger partial charge >= 0.3 is 0 Å². The number of carbonyl (C=O) groups is 2. The number of ether oxygens (including phenoxy) is 1. The summed E-state index contributed by atoms with van der Waals surface area (Å²) in [5, 5.41) is 2.90. The lowest BCUT2D eigenvalue weighted by molar-refractivity contribution is -0.130. The molecule has 26 heavy (non-hydrogen) atoms. The molecule has 0 fully saturated rings. The summed E-state index contributed by atoms with van der Waals surface area (Å²) in [6.45, 7) is 4.82. The van der Waals surface area contributed by atoms with Gasteiger partial charge in [-0.1, -0.05) is 48.0 Å². The van der Waals surface area contributed by atoms with Crippen LogP contribution in [0.5, 0.6) is 5.75 Å². The van der Waals surface area contributed by atoms with E-state index < -0.39 is 0 Å². The first-order valence-electron chi connectivity index (χ1n) is 8.69. The van der Waals surface area contributed by atoms with E-state index in [1.165, 1.54) is 12.5 Å². The van der Waals surface area contributed by atoms with Crippen LogP contribution in [0.1, 0.15) is 30.0 Å². The fraction of sp³-hybridized carbons (Fsp3) is 0.333. The number of aryl methyl sites for hydroxylation is 1. The summed E-state index contributed by atoms with van der Waals surface area (Å²) in [6.07, 6.45) is 0.264. The van der Waals surface area contributed by atoms with Crippen LogP contribution in [-0.4, -0.2) is 30.4 Å². The fourth-order valence-electron chi connectivity index (χ4n) is 2.62. The molecule has 0 aliphatic heterocycles. The summed E-state index contributed by atoms with van der Waals surface area (Å²) in [5.41, 5.74) is 3.17. The topological polar surface area (TPSA) is 58.6 Å². The molecule has 2 aromatic rings. The van der Waals surface area contributed by atoms with Gasteiger partial charge in [-0.3, -0.25) is 9.59 Å². The Balaban J connectivity index is 1.86. The number of para-hydroxylation sites is 1. The molecule has 5 heteroatoms. The highest BCUT2D eigenvalue weighted by atomic mass is 16.5. The van der Waals surface area contributed by atoms with Gasteiger partial charge < -0.3 is 15.0 Å². The van der Waals surface area contributed by atoms with Crippen molar-refractivity contribution in [3.05, 3.63) is 65.2 Å². The summed E-state index contributed by atoms with van der Waals surface area (Å²) >= 11 is 0. The maximum atomic E-state index is 12.1. The Morgan fingerprint density at radius 1 is 1.08 bits per heavy atom. The van der Waals surface area contributed by atoms with E-state index in [0.29, 0.717) is 19.6 Å². The molecule has 0 radical (unpaired) electrons. The van der Waals surface area contributed by atoms with Crippen molar-refractivity contribution in [3.63, 3.8) is 0 Å². The molecule has 0 heterocycles. The molecule has 2 rings (SSSR count). The molecule has 0 unspecified atom stereocenters.